The Morgan fingerprint density at radius 1 is 1.50 bits per heavy atom. The van der Waals surface area contributed by atoms with Crippen LogP contribution in [0.25, 0.3) is 0 Å². The Hall–Kier alpha value is -0.610. The first-order chi connectivity index (χ1) is 8.41. The van der Waals surface area contributed by atoms with E-state index in [2.05, 4.69) is 36.3 Å². The van der Waals surface area contributed by atoms with Gasteiger partial charge < -0.3 is 10.6 Å². The molecule has 18 heavy (non-hydrogen) atoms. The normalized spacial score (nSPS) is 23.1. The molecule has 1 aliphatic heterocycles. The van der Waals surface area contributed by atoms with E-state index in [1.165, 1.54) is 12.8 Å². The van der Waals surface area contributed by atoms with Gasteiger partial charge in [-0.05, 0) is 53.6 Å². The molecule has 0 aliphatic carbocycles. The van der Waals surface area contributed by atoms with E-state index in [0.29, 0.717) is 6.04 Å². The number of nitrogens with one attached hydrogen (secondary N) is 2. The number of hydrogen-bond acceptors (Lipinski definition) is 3. The minimum absolute atomic E-state index is 0.0309. The van der Waals surface area contributed by atoms with Crippen LogP contribution in [0.5, 0.6) is 0 Å². The van der Waals surface area contributed by atoms with Crippen molar-refractivity contribution in [3.8, 4) is 0 Å². The highest BCUT2D eigenvalue weighted by Gasteiger charge is 2.32. The van der Waals surface area contributed by atoms with Gasteiger partial charge in [-0.1, -0.05) is 6.92 Å². The lowest BCUT2D eigenvalue weighted by molar-refractivity contribution is -0.127. The number of rotatable bonds is 6. The van der Waals surface area contributed by atoms with Gasteiger partial charge in [0.25, 0.3) is 0 Å². The molecule has 4 heteroatoms. The minimum atomic E-state index is -0.108. The molecule has 0 saturated carbocycles. The predicted molar refractivity (Wildman–Crippen MR) is 75.6 cm³/mol. The quantitative estimate of drug-likeness (QED) is 0.753. The fourth-order valence-corrected chi connectivity index (χ4v) is 2.50. The van der Waals surface area contributed by atoms with Crippen LogP contribution in [0.1, 0.15) is 47.0 Å². The van der Waals surface area contributed by atoms with Crippen molar-refractivity contribution in [3.05, 3.63) is 0 Å². The van der Waals surface area contributed by atoms with Crippen molar-refractivity contribution in [1.29, 1.82) is 0 Å². The number of hydrogen-bond donors (Lipinski definition) is 2. The SMILES string of the molecule is CCC(C)(C)NC(=O)C(C)N1CCCC1CNC. The smallest absolute Gasteiger partial charge is 0.237 e. The Bertz CT molecular complexity index is 278. The van der Waals surface area contributed by atoms with Crippen LogP contribution in [-0.4, -0.2) is 48.6 Å². The lowest BCUT2D eigenvalue weighted by Crippen LogP contribution is -2.54. The maximum atomic E-state index is 12.3. The number of likely N-dealkylation sites (tertiary alicyclic amines) is 1. The molecule has 2 atom stereocenters. The molecule has 1 amide bonds. The number of carbonyl (C=O) groups excluding carboxylic acids is 1. The second-order valence-corrected chi connectivity index (χ2v) is 5.99. The summed E-state index contributed by atoms with van der Waals surface area (Å²) in [5.41, 5.74) is -0.108. The molecule has 0 spiro atoms. The van der Waals surface area contributed by atoms with Gasteiger partial charge in [-0.3, -0.25) is 9.69 Å². The first kappa shape index (κ1) is 15.4. The molecule has 106 valence electrons. The van der Waals surface area contributed by atoms with Crippen LogP contribution in [0.3, 0.4) is 0 Å². The van der Waals surface area contributed by atoms with E-state index in [9.17, 15) is 4.79 Å². The molecule has 0 aromatic rings. The van der Waals surface area contributed by atoms with Gasteiger partial charge in [-0.15, -0.1) is 0 Å². The second-order valence-electron chi connectivity index (χ2n) is 5.99. The summed E-state index contributed by atoms with van der Waals surface area (Å²) in [7, 11) is 1.97. The number of likely N-dealkylation sites (N-methyl/N-ethyl adjacent to an activating group) is 1. The van der Waals surface area contributed by atoms with Crippen LogP contribution in [0.15, 0.2) is 0 Å². The Balaban J connectivity index is 2.57. The zero-order valence-corrected chi connectivity index (χ0v) is 12.5. The average molecular weight is 255 g/mol. The summed E-state index contributed by atoms with van der Waals surface area (Å²) in [4.78, 5) is 14.6. The van der Waals surface area contributed by atoms with Crippen LogP contribution in [-0.2, 0) is 4.79 Å². The topological polar surface area (TPSA) is 44.4 Å². The van der Waals surface area contributed by atoms with Crippen LogP contribution in [0.4, 0.5) is 0 Å². The fourth-order valence-electron chi connectivity index (χ4n) is 2.50. The second kappa shape index (κ2) is 6.53. The maximum Gasteiger partial charge on any atom is 0.237 e. The molecule has 4 nitrogen and oxygen atoms in total. The fraction of sp³-hybridized carbons (Fsp3) is 0.929. The van der Waals surface area contributed by atoms with Gasteiger partial charge in [-0.25, -0.2) is 0 Å². The minimum Gasteiger partial charge on any atom is -0.350 e. The summed E-state index contributed by atoms with van der Waals surface area (Å²) in [6, 6.07) is 0.470. The van der Waals surface area contributed by atoms with E-state index in [1.807, 2.05) is 14.0 Å². The third kappa shape index (κ3) is 3.95. The Morgan fingerprint density at radius 3 is 2.72 bits per heavy atom. The third-order valence-corrected chi connectivity index (χ3v) is 4.08. The molecule has 2 unspecified atom stereocenters. The van der Waals surface area contributed by atoms with Crippen LogP contribution in [0, 0.1) is 0 Å². The molecule has 2 N–H and O–H groups in total. The molecule has 1 heterocycles. The van der Waals surface area contributed by atoms with E-state index in [4.69, 9.17) is 0 Å². The van der Waals surface area contributed by atoms with Crippen LogP contribution >= 0.6 is 0 Å². The molecule has 1 saturated heterocycles. The Morgan fingerprint density at radius 2 is 2.17 bits per heavy atom. The van der Waals surface area contributed by atoms with Crippen molar-refractivity contribution in [2.75, 3.05) is 20.1 Å². The molecule has 0 aromatic carbocycles. The van der Waals surface area contributed by atoms with Crippen molar-refractivity contribution in [2.45, 2.75) is 64.6 Å². The summed E-state index contributed by atoms with van der Waals surface area (Å²) in [6.45, 7) is 10.3. The average Bonchev–Trinajstić information content (AvgIpc) is 2.76. The summed E-state index contributed by atoms with van der Waals surface area (Å²) >= 11 is 0. The number of amides is 1. The molecule has 0 radical (unpaired) electrons. The van der Waals surface area contributed by atoms with E-state index >= 15 is 0 Å². The highest BCUT2D eigenvalue weighted by molar-refractivity contribution is 5.82. The first-order valence-corrected chi connectivity index (χ1v) is 7.13. The van der Waals surface area contributed by atoms with E-state index < -0.39 is 0 Å². The molecular formula is C14H29N3O. The van der Waals surface area contributed by atoms with Gasteiger partial charge in [0.1, 0.15) is 0 Å². The van der Waals surface area contributed by atoms with E-state index in [-0.39, 0.29) is 17.5 Å². The van der Waals surface area contributed by atoms with Crippen LogP contribution in [0.2, 0.25) is 0 Å². The van der Waals surface area contributed by atoms with Crippen molar-refractivity contribution in [2.24, 2.45) is 0 Å². The monoisotopic (exact) mass is 255 g/mol. The van der Waals surface area contributed by atoms with Gasteiger partial charge in [0.15, 0.2) is 0 Å². The molecule has 1 aliphatic rings. The van der Waals surface area contributed by atoms with Gasteiger partial charge in [0.05, 0.1) is 6.04 Å². The molecule has 0 aromatic heterocycles. The maximum absolute atomic E-state index is 12.3. The number of nitrogens with zero attached hydrogens (tertiary/aromatic N) is 1. The predicted octanol–water partition coefficient (Wildman–Crippen LogP) is 1.36. The molecule has 1 rings (SSSR count). The molecule has 0 bridgehead atoms. The van der Waals surface area contributed by atoms with Crippen molar-refractivity contribution in [1.82, 2.24) is 15.5 Å². The van der Waals surface area contributed by atoms with Crippen LogP contribution < -0.4 is 10.6 Å². The highest BCUT2D eigenvalue weighted by atomic mass is 16.2. The van der Waals surface area contributed by atoms with Crippen molar-refractivity contribution >= 4 is 5.91 Å². The van der Waals surface area contributed by atoms with Gasteiger partial charge in [0.2, 0.25) is 5.91 Å². The third-order valence-electron chi connectivity index (χ3n) is 4.08. The van der Waals surface area contributed by atoms with Gasteiger partial charge in [0, 0.05) is 18.1 Å². The van der Waals surface area contributed by atoms with E-state index in [0.717, 1.165) is 19.5 Å². The summed E-state index contributed by atoms with van der Waals surface area (Å²) in [5, 5.41) is 6.36. The Kier molecular flexibility index (Phi) is 5.60. The number of carbonyl (C=O) groups is 1. The largest absolute Gasteiger partial charge is 0.350 e. The lowest BCUT2D eigenvalue weighted by Gasteiger charge is -2.33. The van der Waals surface area contributed by atoms with Crippen molar-refractivity contribution < 1.29 is 4.79 Å². The Labute approximate surface area is 111 Å². The van der Waals surface area contributed by atoms with Gasteiger partial charge in [-0.2, -0.15) is 0 Å². The molecular weight excluding hydrogens is 226 g/mol. The van der Waals surface area contributed by atoms with Crippen molar-refractivity contribution in [3.63, 3.8) is 0 Å². The zero-order valence-electron chi connectivity index (χ0n) is 12.5. The standard InChI is InChI=1S/C14H29N3O/c1-6-14(3,4)16-13(18)11(2)17-9-7-8-12(17)10-15-5/h11-12,15H,6-10H2,1-5H3,(H,16,18). The molecule has 1 fully saturated rings. The van der Waals surface area contributed by atoms with Gasteiger partial charge >= 0.3 is 0 Å². The first-order valence-electron chi connectivity index (χ1n) is 7.13. The zero-order chi connectivity index (χ0) is 13.8. The lowest BCUT2D eigenvalue weighted by atomic mass is 10.0. The highest BCUT2D eigenvalue weighted by Crippen LogP contribution is 2.20. The summed E-state index contributed by atoms with van der Waals surface area (Å²) in [6.07, 6.45) is 3.34. The summed E-state index contributed by atoms with van der Waals surface area (Å²) in [5.74, 6) is 0.157. The van der Waals surface area contributed by atoms with E-state index in [1.54, 1.807) is 0 Å². The summed E-state index contributed by atoms with van der Waals surface area (Å²) < 4.78 is 0.